The highest BCUT2D eigenvalue weighted by atomic mass is 16.1. The first-order chi connectivity index (χ1) is 14.6. The van der Waals surface area contributed by atoms with Gasteiger partial charge in [0.15, 0.2) is 5.78 Å². The quantitative estimate of drug-likeness (QED) is 0.415. The zero-order valence-corrected chi connectivity index (χ0v) is 16.9. The summed E-state index contributed by atoms with van der Waals surface area (Å²) in [5.41, 5.74) is 4.25. The fourth-order valence-corrected chi connectivity index (χ4v) is 3.15. The lowest BCUT2D eigenvalue weighted by molar-refractivity contribution is 0.101. The molecule has 4 rings (SSSR count). The van der Waals surface area contributed by atoms with Gasteiger partial charge in [0, 0.05) is 35.6 Å². The molecule has 0 saturated carbocycles. The van der Waals surface area contributed by atoms with Crippen molar-refractivity contribution in [2.45, 2.75) is 6.92 Å². The maximum absolute atomic E-state index is 11.7. The molecule has 30 heavy (non-hydrogen) atoms. The van der Waals surface area contributed by atoms with Gasteiger partial charge in [0.25, 0.3) is 0 Å². The van der Waals surface area contributed by atoms with Crippen LogP contribution in [0.25, 0.3) is 11.3 Å². The van der Waals surface area contributed by atoms with E-state index in [1.165, 1.54) is 0 Å². The number of benzene rings is 3. The van der Waals surface area contributed by atoms with Gasteiger partial charge in [0.05, 0.1) is 5.69 Å². The molecule has 4 aromatic rings. The van der Waals surface area contributed by atoms with E-state index in [-0.39, 0.29) is 5.78 Å². The van der Waals surface area contributed by atoms with Gasteiger partial charge >= 0.3 is 0 Å². The summed E-state index contributed by atoms with van der Waals surface area (Å²) in [5.74, 6) is 1.25. The van der Waals surface area contributed by atoms with Crippen LogP contribution in [0.3, 0.4) is 0 Å². The molecule has 0 atom stereocenters. The van der Waals surface area contributed by atoms with Gasteiger partial charge < -0.3 is 10.2 Å². The van der Waals surface area contributed by atoms with Crippen LogP contribution in [0.2, 0.25) is 0 Å². The Bertz CT molecular complexity index is 1160. The highest BCUT2D eigenvalue weighted by Crippen LogP contribution is 2.28. The van der Waals surface area contributed by atoms with Gasteiger partial charge in [-0.1, -0.05) is 60.7 Å². The number of Topliss-reactive ketones (excluding diaryl/α,β-unsaturated/α-hetero) is 1. The second kappa shape index (κ2) is 8.57. The number of rotatable bonds is 6. The van der Waals surface area contributed by atoms with E-state index < -0.39 is 0 Å². The van der Waals surface area contributed by atoms with Crippen molar-refractivity contribution in [2.75, 3.05) is 17.3 Å². The number of anilines is 4. The third kappa shape index (κ3) is 4.36. The molecule has 1 heterocycles. The van der Waals surface area contributed by atoms with Gasteiger partial charge in [-0.15, -0.1) is 0 Å². The molecule has 0 spiro atoms. The summed E-state index contributed by atoms with van der Waals surface area (Å²) in [6.45, 7) is 1.55. The fourth-order valence-electron chi connectivity index (χ4n) is 3.15. The molecule has 0 bridgehead atoms. The largest absolute Gasteiger partial charge is 0.329 e. The van der Waals surface area contributed by atoms with E-state index in [1.54, 1.807) is 13.0 Å². The third-order valence-corrected chi connectivity index (χ3v) is 4.79. The summed E-state index contributed by atoms with van der Waals surface area (Å²) in [6.07, 6.45) is 0. The zero-order valence-electron chi connectivity index (χ0n) is 16.9. The van der Waals surface area contributed by atoms with Gasteiger partial charge in [-0.05, 0) is 31.2 Å². The summed E-state index contributed by atoms with van der Waals surface area (Å²) in [5, 5.41) is 3.25. The molecule has 148 valence electrons. The highest BCUT2D eigenvalue weighted by molar-refractivity contribution is 5.95. The van der Waals surface area contributed by atoms with Crippen molar-refractivity contribution in [3.8, 4) is 11.3 Å². The number of para-hydroxylation sites is 1. The minimum Gasteiger partial charge on any atom is -0.329 e. The van der Waals surface area contributed by atoms with Gasteiger partial charge in [0.2, 0.25) is 5.95 Å². The number of carbonyl (C=O) groups excluding carboxylic acids is 1. The Morgan fingerprint density at radius 3 is 2.23 bits per heavy atom. The predicted molar refractivity (Wildman–Crippen MR) is 122 cm³/mol. The number of nitrogens with zero attached hydrogens (tertiary/aromatic N) is 3. The maximum Gasteiger partial charge on any atom is 0.229 e. The minimum atomic E-state index is 0.0158. The summed E-state index contributed by atoms with van der Waals surface area (Å²) in [6, 6.07) is 29.4. The lowest BCUT2D eigenvalue weighted by atomic mass is 10.1. The Morgan fingerprint density at radius 1 is 0.833 bits per heavy atom. The van der Waals surface area contributed by atoms with E-state index >= 15 is 0 Å². The Balaban J connectivity index is 1.76. The van der Waals surface area contributed by atoms with Crippen LogP contribution >= 0.6 is 0 Å². The van der Waals surface area contributed by atoms with E-state index in [9.17, 15) is 4.79 Å². The van der Waals surface area contributed by atoms with Crippen molar-refractivity contribution in [1.29, 1.82) is 0 Å². The summed E-state index contributed by atoms with van der Waals surface area (Å²) < 4.78 is 0. The topological polar surface area (TPSA) is 58.1 Å². The van der Waals surface area contributed by atoms with Crippen molar-refractivity contribution >= 4 is 28.9 Å². The standard InChI is InChI=1S/C25H22N4O/c1-18(30)20-12-9-13-21(16-20)26-25-27-23(19-10-5-3-6-11-19)17-24(28-25)29(2)22-14-7-4-8-15-22/h3-17H,1-2H3,(H,26,27,28). The monoisotopic (exact) mass is 394 g/mol. The lowest BCUT2D eigenvalue weighted by Crippen LogP contribution is -2.13. The van der Waals surface area contributed by atoms with Crippen LogP contribution in [-0.2, 0) is 0 Å². The molecule has 0 radical (unpaired) electrons. The first-order valence-corrected chi connectivity index (χ1v) is 9.71. The van der Waals surface area contributed by atoms with E-state index in [1.807, 2.05) is 96.9 Å². The van der Waals surface area contributed by atoms with Crippen molar-refractivity contribution in [3.05, 3.63) is 96.6 Å². The molecule has 5 heteroatoms. The van der Waals surface area contributed by atoms with Crippen molar-refractivity contribution in [1.82, 2.24) is 9.97 Å². The third-order valence-electron chi connectivity index (χ3n) is 4.79. The molecule has 0 unspecified atom stereocenters. The first-order valence-electron chi connectivity index (χ1n) is 9.71. The number of nitrogens with one attached hydrogen (secondary N) is 1. The Kier molecular flexibility index (Phi) is 5.52. The van der Waals surface area contributed by atoms with Crippen LogP contribution in [0.1, 0.15) is 17.3 Å². The molecule has 0 fully saturated rings. The van der Waals surface area contributed by atoms with E-state index in [4.69, 9.17) is 9.97 Å². The SMILES string of the molecule is CC(=O)c1cccc(Nc2nc(-c3ccccc3)cc(N(C)c3ccccc3)n2)c1. The molecule has 1 aromatic heterocycles. The van der Waals surface area contributed by atoms with Crippen LogP contribution in [0.15, 0.2) is 91.0 Å². The predicted octanol–water partition coefficient (Wildman–Crippen LogP) is 5.86. The average molecular weight is 394 g/mol. The van der Waals surface area contributed by atoms with Crippen molar-refractivity contribution in [3.63, 3.8) is 0 Å². The summed E-state index contributed by atoms with van der Waals surface area (Å²) in [4.78, 5) is 23.2. The van der Waals surface area contributed by atoms with Crippen LogP contribution < -0.4 is 10.2 Å². The van der Waals surface area contributed by atoms with Crippen molar-refractivity contribution < 1.29 is 4.79 Å². The molecule has 0 aliphatic rings. The number of aromatic nitrogens is 2. The lowest BCUT2D eigenvalue weighted by Gasteiger charge is -2.20. The van der Waals surface area contributed by atoms with Crippen LogP contribution in [-0.4, -0.2) is 22.8 Å². The number of carbonyl (C=O) groups is 1. The van der Waals surface area contributed by atoms with Crippen LogP contribution in [0.4, 0.5) is 23.1 Å². The van der Waals surface area contributed by atoms with Crippen LogP contribution in [0.5, 0.6) is 0 Å². The second-order valence-electron chi connectivity index (χ2n) is 6.96. The van der Waals surface area contributed by atoms with Gasteiger partial charge in [-0.25, -0.2) is 4.98 Å². The number of ketones is 1. The molecule has 0 saturated heterocycles. The van der Waals surface area contributed by atoms with E-state index in [2.05, 4.69) is 5.32 Å². The molecule has 5 nitrogen and oxygen atoms in total. The molecule has 0 aliphatic carbocycles. The average Bonchev–Trinajstić information content (AvgIpc) is 2.79. The maximum atomic E-state index is 11.7. The Hall–Kier alpha value is -3.99. The normalized spacial score (nSPS) is 10.5. The van der Waals surface area contributed by atoms with Gasteiger partial charge in [-0.3, -0.25) is 4.79 Å². The number of hydrogen-bond donors (Lipinski definition) is 1. The van der Waals surface area contributed by atoms with E-state index in [0.29, 0.717) is 11.5 Å². The Morgan fingerprint density at radius 2 is 1.53 bits per heavy atom. The zero-order chi connectivity index (χ0) is 20.9. The van der Waals surface area contributed by atoms with Crippen molar-refractivity contribution in [2.24, 2.45) is 0 Å². The summed E-state index contributed by atoms with van der Waals surface area (Å²) in [7, 11) is 1.98. The first kappa shape index (κ1) is 19.3. The smallest absolute Gasteiger partial charge is 0.229 e. The molecule has 1 N–H and O–H groups in total. The van der Waals surface area contributed by atoms with Gasteiger partial charge in [-0.2, -0.15) is 4.98 Å². The number of hydrogen-bond acceptors (Lipinski definition) is 5. The summed E-state index contributed by atoms with van der Waals surface area (Å²) >= 11 is 0. The van der Waals surface area contributed by atoms with Gasteiger partial charge in [0.1, 0.15) is 5.82 Å². The molecule has 3 aromatic carbocycles. The van der Waals surface area contributed by atoms with Crippen LogP contribution in [0, 0.1) is 0 Å². The Labute approximate surface area is 176 Å². The molecular formula is C25H22N4O. The molecular weight excluding hydrogens is 372 g/mol. The molecule has 0 aliphatic heterocycles. The fraction of sp³-hybridized carbons (Fsp3) is 0.0800. The molecule has 0 amide bonds. The minimum absolute atomic E-state index is 0.0158. The highest BCUT2D eigenvalue weighted by Gasteiger charge is 2.12. The second-order valence-corrected chi connectivity index (χ2v) is 6.96. The van der Waals surface area contributed by atoms with E-state index in [0.717, 1.165) is 28.5 Å².